The zero-order chi connectivity index (χ0) is 11.0. The fourth-order valence-electron chi connectivity index (χ4n) is 0.959. The van der Waals surface area contributed by atoms with E-state index in [0.29, 0.717) is 0 Å². The summed E-state index contributed by atoms with van der Waals surface area (Å²) in [6.07, 6.45) is 2.16. The van der Waals surface area contributed by atoms with Gasteiger partial charge in [-0.1, -0.05) is 13.3 Å². The molecule has 0 unspecified atom stereocenters. The van der Waals surface area contributed by atoms with E-state index in [4.69, 9.17) is 0 Å². The van der Waals surface area contributed by atoms with Gasteiger partial charge in [0.2, 0.25) is 0 Å². The molecule has 84 valence electrons. The molecule has 0 spiro atoms. The number of urea groups is 1. The Morgan fingerprint density at radius 3 is 2.36 bits per heavy atom. The number of carbonyl (C=O) groups excluding carboxylic acids is 1. The molecule has 0 saturated carbocycles. The number of unbranched alkanes of at least 4 members (excludes halogenated alkanes) is 1. The van der Waals surface area contributed by atoms with E-state index in [-0.39, 0.29) is 6.03 Å². The Balaban J connectivity index is 3.54. The first-order chi connectivity index (χ1) is 6.57. The van der Waals surface area contributed by atoms with Crippen molar-refractivity contribution in [3.8, 4) is 0 Å². The van der Waals surface area contributed by atoms with Gasteiger partial charge in [0, 0.05) is 26.7 Å². The topological polar surface area (TPSA) is 35.6 Å². The minimum absolute atomic E-state index is 0.0281. The van der Waals surface area contributed by atoms with Crippen molar-refractivity contribution in [2.45, 2.75) is 19.8 Å². The molecule has 0 saturated heterocycles. The highest BCUT2D eigenvalue weighted by molar-refractivity contribution is 5.73. The van der Waals surface area contributed by atoms with Crippen LogP contribution in [0.25, 0.3) is 0 Å². The van der Waals surface area contributed by atoms with Crippen LogP contribution in [-0.4, -0.2) is 56.6 Å². The third-order valence-corrected chi connectivity index (χ3v) is 2.04. The Hall–Kier alpha value is -0.770. The molecule has 0 aliphatic carbocycles. The van der Waals surface area contributed by atoms with Crippen molar-refractivity contribution in [3.63, 3.8) is 0 Å². The molecular formula is C10H23N3O. The van der Waals surface area contributed by atoms with Crippen molar-refractivity contribution in [2.24, 2.45) is 0 Å². The highest BCUT2D eigenvalue weighted by Crippen LogP contribution is 1.88. The van der Waals surface area contributed by atoms with E-state index in [9.17, 15) is 4.79 Å². The predicted molar refractivity (Wildman–Crippen MR) is 59.5 cm³/mol. The van der Waals surface area contributed by atoms with Gasteiger partial charge in [-0.25, -0.2) is 4.79 Å². The summed E-state index contributed by atoms with van der Waals surface area (Å²) in [5.41, 5.74) is 0. The smallest absolute Gasteiger partial charge is 0.317 e. The number of amides is 2. The Labute approximate surface area is 87.3 Å². The van der Waals surface area contributed by atoms with Crippen molar-refractivity contribution >= 4 is 6.03 Å². The van der Waals surface area contributed by atoms with Crippen LogP contribution in [0.1, 0.15) is 19.8 Å². The van der Waals surface area contributed by atoms with Crippen LogP contribution >= 0.6 is 0 Å². The molecule has 0 rings (SSSR count). The molecule has 0 bridgehead atoms. The van der Waals surface area contributed by atoms with Crippen molar-refractivity contribution in [3.05, 3.63) is 0 Å². The SMILES string of the molecule is CCCCNC(=O)N(C)CCN(C)C. The first kappa shape index (κ1) is 13.2. The van der Waals surface area contributed by atoms with Crippen LogP contribution in [0, 0.1) is 0 Å². The Bertz CT molecular complexity index is 159. The molecule has 0 fully saturated rings. The standard InChI is InChI=1S/C10H23N3O/c1-5-6-7-11-10(14)13(4)9-8-12(2)3/h5-9H2,1-4H3,(H,11,14). The van der Waals surface area contributed by atoms with Gasteiger partial charge in [-0.05, 0) is 20.5 Å². The van der Waals surface area contributed by atoms with Crippen LogP contribution in [0.5, 0.6) is 0 Å². The Morgan fingerprint density at radius 2 is 1.86 bits per heavy atom. The number of likely N-dealkylation sites (N-methyl/N-ethyl adjacent to an activating group) is 2. The molecule has 14 heavy (non-hydrogen) atoms. The second kappa shape index (κ2) is 7.62. The molecule has 4 nitrogen and oxygen atoms in total. The van der Waals surface area contributed by atoms with Crippen molar-refractivity contribution in [1.29, 1.82) is 0 Å². The lowest BCUT2D eigenvalue weighted by molar-refractivity contribution is 0.203. The highest BCUT2D eigenvalue weighted by atomic mass is 16.2. The summed E-state index contributed by atoms with van der Waals surface area (Å²) >= 11 is 0. The van der Waals surface area contributed by atoms with Crippen LogP contribution in [-0.2, 0) is 0 Å². The summed E-state index contributed by atoms with van der Waals surface area (Å²) in [6.45, 7) is 4.56. The second-order valence-corrected chi connectivity index (χ2v) is 3.81. The average molecular weight is 201 g/mol. The van der Waals surface area contributed by atoms with Gasteiger partial charge < -0.3 is 15.1 Å². The van der Waals surface area contributed by atoms with Crippen LogP contribution in [0.4, 0.5) is 4.79 Å². The van der Waals surface area contributed by atoms with E-state index in [2.05, 4.69) is 17.1 Å². The highest BCUT2D eigenvalue weighted by Gasteiger charge is 2.06. The molecule has 0 aromatic rings. The molecule has 0 heterocycles. The molecule has 4 heteroatoms. The van der Waals surface area contributed by atoms with E-state index >= 15 is 0 Å². The van der Waals surface area contributed by atoms with Gasteiger partial charge in [0.1, 0.15) is 0 Å². The van der Waals surface area contributed by atoms with Gasteiger partial charge >= 0.3 is 6.03 Å². The quantitative estimate of drug-likeness (QED) is 0.650. The molecule has 2 amide bonds. The first-order valence-corrected chi connectivity index (χ1v) is 5.21. The van der Waals surface area contributed by atoms with E-state index in [1.54, 1.807) is 4.90 Å². The normalized spacial score (nSPS) is 10.4. The second-order valence-electron chi connectivity index (χ2n) is 3.81. The van der Waals surface area contributed by atoms with Crippen LogP contribution in [0.3, 0.4) is 0 Å². The monoisotopic (exact) mass is 201 g/mol. The van der Waals surface area contributed by atoms with E-state index < -0.39 is 0 Å². The maximum atomic E-state index is 11.4. The van der Waals surface area contributed by atoms with Crippen molar-refractivity contribution in [2.75, 3.05) is 40.8 Å². The summed E-state index contributed by atoms with van der Waals surface area (Å²) in [5, 5.41) is 2.88. The minimum Gasteiger partial charge on any atom is -0.338 e. The molecule has 0 atom stereocenters. The molecule has 0 aromatic heterocycles. The molecule has 1 N–H and O–H groups in total. The van der Waals surface area contributed by atoms with Crippen LogP contribution in [0.15, 0.2) is 0 Å². The Kier molecular flexibility index (Phi) is 7.20. The van der Waals surface area contributed by atoms with Crippen LogP contribution < -0.4 is 5.32 Å². The maximum Gasteiger partial charge on any atom is 0.317 e. The summed E-state index contributed by atoms with van der Waals surface area (Å²) in [4.78, 5) is 15.2. The lowest BCUT2D eigenvalue weighted by atomic mass is 10.3. The lowest BCUT2D eigenvalue weighted by Crippen LogP contribution is -2.40. The number of hydrogen-bond donors (Lipinski definition) is 1. The van der Waals surface area contributed by atoms with Gasteiger partial charge in [0.05, 0.1) is 0 Å². The summed E-state index contributed by atoms with van der Waals surface area (Å²) in [7, 11) is 5.83. The van der Waals surface area contributed by atoms with Gasteiger partial charge in [-0.2, -0.15) is 0 Å². The zero-order valence-electron chi connectivity index (χ0n) is 9.84. The Morgan fingerprint density at radius 1 is 1.21 bits per heavy atom. The third kappa shape index (κ3) is 6.71. The van der Waals surface area contributed by atoms with E-state index in [0.717, 1.165) is 32.5 Å². The number of nitrogens with one attached hydrogen (secondary N) is 1. The molecular weight excluding hydrogens is 178 g/mol. The molecule has 0 aliphatic rings. The van der Waals surface area contributed by atoms with Crippen LogP contribution in [0.2, 0.25) is 0 Å². The average Bonchev–Trinajstić information content (AvgIpc) is 2.14. The van der Waals surface area contributed by atoms with Gasteiger partial charge in [-0.3, -0.25) is 0 Å². The van der Waals surface area contributed by atoms with Gasteiger partial charge in [0.15, 0.2) is 0 Å². The van der Waals surface area contributed by atoms with Crippen molar-refractivity contribution in [1.82, 2.24) is 15.1 Å². The third-order valence-electron chi connectivity index (χ3n) is 2.04. The van der Waals surface area contributed by atoms with Gasteiger partial charge in [0.25, 0.3) is 0 Å². The predicted octanol–water partition coefficient (Wildman–Crippen LogP) is 0.989. The molecule has 0 radical (unpaired) electrons. The molecule has 0 aliphatic heterocycles. The van der Waals surface area contributed by atoms with Crippen molar-refractivity contribution < 1.29 is 4.79 Å². The maximum absolute atomic E-state index is 11.4. The zero-order valence-corrected chi connectivity index (χ0v) is 9.84. The number of carbonyl (C=O) groups is 1. The summed E-state index contributed by atoms with van der Waals surface area (Å²) < 4.78 is 0. The van der Waals surface area contributed by atoms with Gasteiger partial charge in [-0.15, -0.1) is 0 Å². The lowest BCUT2D eigenvalue weighted by Gasteiger charge is -2.20. The number of nitrogens with zero attached hydrogens (tertiary/aromatic N) is 2. The molecule has 0 aromatic carbocycles. The fraction of sp³-hybridized carbons (Fsp3) is 0.900. The minimum atomic E-state index is 0.0281. The summed E-state index contributed by atoms with van der Waals surface area (Å²) in [5.74, 6) is 0. The first-order valence-electron chi connectivity index (χ1n) is 5.21. The van der Waals surface area contributed by atoms with E-state index in [1.165, 1.54) is 0 Å². The largest absolute Gasteiger partial charge is 0.338 e. The summed E-state index contributed by atoms with van der Waals surface area (Å²) in [6, 6.07) is 0.0281. The number of hydrogen-bond acceptors (Lipinski definition) is 2. The number of rotatable bonds is 6. The van der Waals surface area contributed by atoms with E-state index in [1.807, 2.05) is 21.1 Å². The fourth-order valence-corrected chi connectivity index (χ4v) is 0.959.